The Balaban J connectivity index is 1.93. The van der Waals surface area contributed by atoms with Crippen LogP contribution in [-0.2, 0) is 13.1 Å². The van der Waals surface area contributed by atoms with E-state index < -0.39 is 0 Å². The van der Waals surface area contributed by atoms with Crippen molar-refractivity contribution in [3.05, 3.63) is 50.6 Å². The van der Waals surface area contributed by atoms with E-state index in [1.54, 1.807) is 20.9 Å². The number of thioether (sulfide) groups is 1. The maximum absolute atomic E-state index is 12.8. The summed E-state index contributed by atoms with van der Waals surface area (Å²) >= 11 is 6.82. The van der Waals surface area contributed by atoms with Crippen molar-refractivity contribution in [1.29, 1.82) is 0 Å². The van der Waals surface area contributed by atoms with Crippen molar-refractivity contribution >= 4 is 24.0 Å². The lowest BCUT2D eigenvalue weighted by atomic mass is 9.80. The lowest BCUT2D eigenvalue weighted by Crippen LogP contribution is -2.33. The predicted octanol–water partition coefficient (Wildman–Crippen LogP) is 4.22. The van der Waals surface area contributed by atoms with E-state index in [0.717, 1.165) is 17.2 Å². The number of hydrogen-bond donors (Lipinski definition) is 0. The van der Waals surface area contributed by atoms with Gasteiger partial charge in [0, 0.05) is 6.54 Å². The molecule has 1 aromatic heterocycles. The molecule has 0 radical (unpaired) electrons. The van der Waals surface area contributed by atoms with Gasteiger partial charge in [0.2, 0.25) is 4.77 Å². The fourth-order valence-corrected chi connectivity index (χ4v) is 4.04. The molecule has 0 N–H and O–H groups in total. The molecule has 128 valence electrons. The van der Waals surface area contributed by atoms with Crippen LogP contribution in [0.4, 0.5) is 0 Å². The molecule has 0 amide bonds. The highest BCUT2D eigenvalue weighted by Crippen LogP contribution is 2.36. The second kappa shape index (κ2) is 7.66. The standard InChI is InChI=1S/C18H23N3OS2/c1-3-20-16(23)19-17(24-4-2)21(18(20)22)12-13-8-10-15(11-9-13)14-6-5-7-14/h8-11,14H,3-7,12H2,1-2H3. The summed E-state index contributed by atoms with van der Waals surface area (Å²) in [5.74, 6) is 1.59. The number of aromatic nitrogens is 3. The molecular formula is C18H23N3OS2. The molecule has 1 aliphatic rings. The molecule has 24 heavy (non-hydrogen) atoms. The van der Waals surface area contributed by atoms with Crippen LogP contribution in [0.25, 0.3) is 0 Å². The first-order valence-corrected chi connectivity index (χ1v) is 9.96. The summed E-state index contributed by atoms with van der Waals surface area (Å²) in [6.45, 7) is 5.05. The summed E-state index contributed by atoms with van der Waals surface area (Å²) in [6.07, 6.45) is 3.95. The van der Waals surface area contributed by atoms with Gasteiger partial charge in [-0.25, -0.2) is 4.79 Å². The summed E-state index contributed by atoms with van der Waals surface area (Å²) < 4.78 is 3.67. The maximum atomic E-state index is 12.8. The number of hydrogen-bond acceptors (Lipinski definition) is 4. The van der Waals surface area contributed by atoms with Crippen molar-refractivity contribution in [2.24, 2.45) is 0 Å². The minimum atomic E-state index is -0.0727. The first kappa shape index (κ1) is 17.4. The van der Waals surface area contributed by atoms with E-state index in [2.05, 4.69) is 36.2 Å². The van der Waals surface area contributed by atoms with Gasteiger partial charge in [0.1, 0.15) is 0 Å². The van der Waals surface area contributed by atoms with E-state index in [4.69, 9.17) is 12.2 Å². The first-order chi connectivity index (χ1) is 11.6. The van der Waals surface area contributed by atoms with Crippen molar-refractivity contribution in [2.45, 2.75) is 57.3 Å². The topological polar surface area (TPSA) is 39.8 Å². The number of rotatable bonds is 6. The molecule has 2 aromatic rings. The highest BCUT2D eigenvalue weighted by molar-refractivity contribution is 7.99. The molecule has 1 saturated carbocycles. The Bertz CT molecular complexity index is 820. The third-order valence-electron chi connectivity index (χ3n) is 4.60. The van der Waals surface area contributed by atoms with Gasteiger partial charge >= 0.3 is 5.69 Å². The lowest BCUT2D eigenvalue weighted by Gasteiger charge is -2.25. The zero-order chi connectivity index (χ0) is 17.1. The van der Waals surface area contributed by atoms with Crippen LogP contribution >= 0.6 is 24.0 Å². The summed E-state index contributed by atoms with van der Waals surface area (Å²) in [6, 6.07) is 8.69. The van der Waals surface area contributed by atoms with Crippen molar-refractivity contribution in [2.75, 3.05) is 5.75 Å². The third kappa shape index (κ3) is 3.49. The number of nitrogens with zero attached hydrogens (tertiary/aromatic N) is 3. The highest BCUT2D eigenvalue weighted by Gasteiger charge is 2.19. The second-order valence-electron chi connectivity index (χ2n) is 6.09. The van der Waals surface area contributed by atoms with Crippen molar-refractivity contribution < 1.29 is 0 Å². The van der Waals surface area contributed by atoms with E-state index >= 15 is 0 Å². The molecular weight excluding hydrogens is 338 g/mol. The van der Waals surface area contributed by atoms with Gasteiger partial charge in [-0.15, -0.1) is 0 Å². The van der Waals surface area contributed by atoms with E-state index in [1.165, 1.54) is 24.8 Å². The maximum Gasteiger partial charge on any atom is 0.332 e. The van der Waals surface area contributed by atoms with Crippen molar-refractivity contribution in [1.82, 2.24) is 14.1 Å². The molecule has 0 saturated heterocycles. The van der Waals surface area contributed by atoms with Crippen LogP contribution in [0, 0.1) is 4.77 Å². The fourth-order valence-electron chi connectivity index (χ4n) is 2.98. The molecule has 0 aliphatic heterocycles. The molecule has 1 aromatic carbocycles. The van der Waals surface area contributed by atoms with Crippen LogP contribution < -0.4 is 5.69 Å². The van der Waals surface area contributed by atoms with Crippen LogP contribution in [0.1, 0.15) is 50.2 Å². The van der Waals surface area contributed by atoms with E-state index in [-0.39, 0.29) is 5.69 Å². The minimum absolute atomic E-state index is 0.0727. The van der Waals surface area contributed by atoms with Crippen LogP contribution in [-0.4, -0.2) is 19.9 Å². The Morgan fingerprint density at radius 1 is 1.21 bits per heavy atom. The van der Waals surface area contributed by atoms with Crippen LogP contribution in [0.2, 0.25) is 0 Å². The van der Waals surface area contributed by atoms with E-state index in [0.29, 0.717) is 23.0 Å². The second-order valence-corrected chi connectivity index (χ2v) is 7.69. The highest BCUT2D eigenvalue weighted by atomic mass is 32.2. The fraction of sp³-hybridized carbons (Fsp3) is 0.500. The smallest absolute Gasteiger partial charge is 0.269 e. The average Bonchev–Trinajstić information content (AvgIpc) is 2.51. The van der Waals surface area contributed by atoms with Gasteiger partial charge in [0.25, 0.3) is 0 Å². The predicted molar refractivity (Wildman–Crippen MR) is 102 cm³/mol. The molecule has 0 unspecified atom stereocenters. The van der Waals surface area contributed by atoms with Crippen LogP contribution in [0.3, 0.4) is 0 Å². The Hall–Kier alpha value is -1.40. The molecule has 4 nitrogen and oxygen atoms in total. The lowest BCUT2D eigenvalue weighted by molar-refractivity contribution is 0.419. The van der Waals surface area contributed by atoms with Gasteiger partial charge in [0.05, 0.1) is 6.54 Å². The summed E-state index contributed by atoms with van der Waals surface area (Å²) in [4.78, 5) is 17.2. The largest absolute Gasteiger partial charge is 0.332 e. The Morgan fingerprint density at radius 3 is 2.46 bits per heavy atom. The quantitative estimate of drug-likeness (QED) is 0.570. The van der Waals surface area contributed by atoms with Gasteiger partial charge in [-0.2, -0.15) is 4.98 Å². The Morgan fingerprint density at radius 2 is 1.92 bits per heavy atom. The van der Waals surface area contributed by atoms with E-state index in [1.807, 2.05) is 6.92 Å². The minimum Gasteiger partial charge on any atom is -0.269 e. The zero-order valence-corrected chi connectivity index (χ0v) is 15.8. The monoisotopic (exact) mass is 361 g/mol. The SMILES string of the molecule is CCSc1nc(=S)n(CC)c(=O)n1Cc1ccc(C2CCC2)cc1. The Labute approximate surface area is 151 Å². The van der Waals surface area contributed by atoms with Crippen LogP contribution in [0.15, 0.2) is 34.2 Å². The molecule has 0 spiro atoms. The first-order valence-electron chi connectivity index (χ1n) is 8.57. The number of benzene rings is 1. The van der Waals surface area contributed by atoms with Gasteiger partial charge in [-0.3, -0.25) is 9.13 Å². The van der Waals surface area contributed by atoms with Crippen molar-refractivity contribution in [3.8, 4) is 0 Å². The normalized spacial score (nSPS) is 14.6. The summed E-state index contributed by atoms with van der Waals surface area (Å²) in [5.41, 5.74) is 2.47. The van der Waals surface area contributed by atoms with Gasteiger partial charge in [0.15, 0.2) is 5.16 Å². The molecule has 1 fully saturated rings. The van der Waals surface area contributed by atoms with Crippen molar-refractivity contribution in [3.63, 3.8) is 0 Å². The van der Waals surface area contributed by atoms with E-state index in [9.17, 15) is 4.79 Å². The Kier molecular flexibility index (Phi) is 5.56. The van der Waals surface area contributed by atoms with Gasteiger partial charge < -0.3 is 0 Å². The molecule has 0 bridgehead atoms. The third-order valence-corrected chi connectivity index (χ3v) is 5.77. The summed E-state index contributed by atoms with van der Waals surface area (Å²) in [7, 11) is 0. The summed E-state index contributed by atoms with van der Waals surface area (Å²) in [5, 5.41) is 0.709. The molecule has 1 heterocycles. The average molecular weight is 362 g/mol. The molecule has 0 atom stereocenters. The molecule has 6 heteroatoms. The zero-order valence-electron chi connectivity index (χ0n) is 14.2. The van der Waals surface area contributed by atoms with Gasteiger partial charge in [-0.1, -0.05) is 49.4 Å². The van der Waals surface area contributed by atoms with Crippen LogP contribution in [0.5, 0.6) is 0 Å². The van der Waals surface area contributed by atoms with Gasteiger partial charge in [-0.05, 0) is 54.8 Å². The molecule has 3 rings (SSSR count). The molecule has 1 aliphatic carbocycles.